The van der Waals surface area contributed by atoms with Gasteiger partial charge in [-0.2, -0.15) is 4.31 Å². The van der Waals surface area contributed by atoms with Crippen LogP contribution in [0.15, 0.2) is 23.1 Å². The summed E-state index contributed by atoms with van der Waals surface area (Å²) in [6.07, 6.45) is 2.24. The minimum atomic E-state index is -3.53. The lowest BCUT2D eigenvalue weighted by Gasteiger charge is -2.26. The Bertz CT molecular complexity index is 667. The van der Waals surface area contributed by atoms with E-state index >= 15 is 0 Å². The van der Waals surface area contributed by atoms with Crippen LogP contribution < -0.4 is 5.32 Å². The van der Waals surface area contributed by atoms with Gasteiger partial charge in [-0.15, -0.1) is 0 Å². The van der Waals surface area contributed by atoms with Crippen molar-refractivity contribution in [3.05, 3.63) is 23.8 Å². The van der Waals surface area contributed by atoms with Crippen LogP contribution in [-0.2, 0) is 19.6 Å². The predicted molar refractivity (Wildman–Crippen MR) is 88.9 cm³/mol. The van der Waals surface area contributed by atoms with Crippen molar-refractivity contribution in [2.75, 3.05) is 25.5 Å². The van der Waals surface area contributed by atoms with Crippen LogP contribution in [0.25, 0.3) is 0 Å². The molecule has 1 aromatic rings. The minimum Gasteiger partial charge on any atom is -0.372 e. The van der Waals surface area contributed by atoms with Gasteiger partial charge in [0.1, 0.15) is 6.10 Å². The number of amides is 1. The largest absolute Gasteiger partial charge is 0.372 e. The number of aryl methyl sites for hydroxylation is 1. The predicted octanol–water partition coefficient (Wildman–Crippen LogP) is 2.14. The summed E-state index contributed by atoms with van der Waals surface area (Å²) in [6, 6.07) is 4.94. The van der Waals surface area contributed by atoms with E-state index in [4.69, 9.17) is 4.74 Å². The molecule has 23 heavy (non-hydrogen) atoms. The summed E-state index contributed by atoms with van der Waals surface area (Å²) < 4.78 is 32.1. The molecule has 1 N–H and O–H groups in total. The highest BCUT2D eigenvalue weighted by molar-refractivity contribution is 7.89. The fourth-order valence-corrected chi connectivity index (χ4v) is 4.32. The number of methoxy groups -OCH3 is 1. The Hall–Kier alpha value is -1.44. The maximum absolute atomic E-state index is 12.8. The number of piperidine rings is 1. The second-order valence-electron chi connectivity index (χ2n) is 5.81. The van der Waals surface area contributed by atoms with Crippen LogP contribution in [0.2, 0.25) is 0 Å². The molecule has 1 heterocycles. The van der Waals surface area contributed by atoms with Gasteiger partial charge >= 0.3 is 0 Å². The molecule has 0 bridgehead atoms. The van der Waals surface area contributed by atoms with Gasteiger partial charge in [0.15, 0.2) is 0 Å². The number of sulfonamides is 1. The quantitative estimate of drug-likeness (QED) is 0.891. The Balaban J connectivity index is 2.28. The summed E-state index contributed by atoms with van der Waals surface area (Å²) in [4.78, 5) is 12.1. The fraction of sp³-hybridized carbons (Fsp3) is 0.562. The average molecular weight is 340 g/mol. The Labute approximate surface area is 137 Å². The lowest BCUT2D eigenvalue weighted by molar-refractivity contribution is -0.124. The van der Waals surface area contributed by atoms with Crippen molar-refractivity contribution in [1.29, 1.82) is 0 Å². The van der Waals surface area contributed by atoms with Gasteiger partial charge in [-0.25, -0.2) is 8.42 Å². The molecule has 0 radical (unpaired) electrons. The van der Waals surface area contributed by atoms with Crippen molar-refractivity contribution in [3.8, 4) is 0 Å². The van der Waals surface area contributed by atoms with Gasteiger partial charge in [0.2, 0.25) is 10.0 Å². The summed E-state index contributed by atoms with van der Waals surface area (Å²) in [6.45, 7) is 4.51. The van der Waals surface area contributed by atoms with Gasteiger partial charge in [0.05, 0.1) is 4.90 Å². The topological polar surface area (TPSA) is 75.7 Å². The highest BCUT2D eigenvalue weighted by Gasteiger charge is 2.27. The molecule has 7 heteroatoms. The number of carbonyl (C=O) groups excluding carboxylic acids is 1. The first kappa shape index (κ1) is 17.9. The first-order chi connectivity index (χ1) is 10.9. The van der Waals surface area contributed by atoms with Gasteiger partial charge in [0, 0.05) is 25.9 Å². The van der Waals surface area contributed by atoms with Crippen LogP contribution in [0.1, 0.15) is 31.7 Å². The smallest absolute Gasteiger partial charge is 0.253 e. The van der Waals surface area contributed by atoms with Gasteiger partial charge in [-0.1, -0.05) is 12.5 Å². The average Bonchev–Trinajstić information content (AvgIpc) is 2.56. The van der Waals surface area contributed by atoms with Gasteiger partial charge in [-0.3, -0.25) is 4.79 Å². The third-order valence-electron chi connectivity index (χ3n) is 4.11. The molecule has 1 aliphatic heterocycles. The van der Waals surface area contributed by atoms with E-state index in [1.165, 1.54) is 17.5 Å². The molecule has 2 rings (SSSR count). The lowest BCUT2D eigenvalue weighted by Crippen LogP contribution is -2.36. The van der Waals surface area contributed by atoms with Crippen molar-refractivity contribution >= 4 is 21.6 Å². The van der Waals surface area contributed by atoms with E-state index < -0.39 is 16.1 Å². The first-order valence-corrected chi connectivity index (χ1v) is 9.24. The molecule has 6 nitrogen and oxygen atoms in total. The molecular formula is C16H24N2O4S. The zero-order chi connectivity index (χ0) is 17.0. The highest BCUT2D eigenvalue weighted by atomic mass is 32.2. The summed E-state index contributed by atoms with van der Waals surface area (Å²) in [7, 11) is -2.08. The number of hydrogen-bond donors (Lipinski definition) is 1. The summed E-state index contributed by atoms with van der Waals surface area (Å²) >= 11 is 0. The Morgan fingerprint density at radius 1 is 1.26 bits per heavy atom. The highest BCUT2D eigenvalue weighted by Crippen LogP contribution is 2.26. The monoisotopic (exact) mass is 340 g/mol. The van der Waals surface area contributed by atoms with Crippen molar-refractivity contribution in [2.24, 2.45) is 0 Å². The number of nitrogens with one attached hydrogen (secondary N) is 1. The number of hydrogen-bond acceptors (Lipinski definition) is 4. The van der Waals surface area contributed by atoms with E-state index in [-0.39, 0.29) is 10.8 Å². The summed E-state index contributed by atoms with van der Waals surface area (Å²) in [5.41, 5.74) is 1.13. The number of carbonyl (C=O) groups is 1. The van der Waals surface area contributed by atoms with Crippen LogP contribution in [-0.4, -0.2) is 44.9 Å². The molecule has 0 saturated carbocycles. The molecule has 1 saturated heterocycles. The van der Waals surface area contributed by atoms with Crippen LogP contribution in [0, 0.1) is 6.92 Å². The second-order valence-corrected chi connectivity index (χ2v) is 7.72. The van der Waals surface area contributed by atoms with Crippen LogP contribution in [0.5, 0.6) is 0 Å². The molecule has 1 atom stereocenters. The SMILES string of the molecule is COC(C)C(=O)Nc1ccc(C)c(S(=O)(=O)N2CCCCC2)c1. The molecule has 0 spiro atoms. The number of ether oxygens (including phenoxy) is 1. The normalized spacial score (nSPS) is 17.7. The number of nitrogens with zero attached hydrogens (tertiary/aromatic N) is 1. The van der Waals surface area contributed by atoms with E-state index in [0.29, 0.717) is 24.3 Å². The molecular weight excluding hydrogens is 316 g/mol. The van der Waals surface area contributed by atoms with E-state index in [0.717, 1.165) is 19.3 Å². The third kappa shape index (κ3) is 4.10. The first-order valence-electron chi connectivity index (χ1n) is 7.80. The lowest BCUT2D eigenvalue weighted by atomic mass is 10.2. The zero-order valence-electron chi connectivity index (χ0n) is 13.8. The van der Waals surface area contributed by atoms with E-state index in [1.807, 2.05) is 0 Å². The van der Waals surface area contributed by atoms with Crippen LogP contribution in [0.3, 0.4) is 0 Å². The summed E-state index contributed by atoms with van der Waals surface area (Å²) in [5.74, 6) is -0.308. The molecule has 1 fully saturated rings. The zero-order valence-corrected chi connectivity index (χ0v) is 14.6. The molecule has 128 valence electrons. The molecule has 1 aromatic carbocycles. The fourth-order valence-electron chi connectivity index (χ4n) is 2.55. The standard InChI is InChI=1S/C16H24N2O4S/c1-12-7-8-14(17-16(19)13(2)22-3)11-15(12)23(20,21)18-9-5-4-6-10-18/h7-8,11,13H,4-6,9-10H2,1-3H3,(H,17,19). The maximum Gasteiger partial charge on any atom is 0.253 e. The van der Waals surface area contributed by atoms with Gasteiger partial charge < -0.3 is 10.1 Å². The number of rotatable bonds is 5. The Kier molecular flexibility index (Phi) is 5.78. The van der Waals surface area contributed by atoms with Crippen LogP contribution >= 0.6 is 0 Å². The number of anilines is 1. The van der Waals surface area contributed by atoms with E-state index in [9.17, 15) is 13.2 Å². The molecule has 0 aliphatic carbocycles. The van der Waals surface area contributed by atoms with E-state index in [1.54, 1.807) is 26.0 Å². The minimum absolute atomic E-state index is 0.252. The van der Waals surface area contributed by atoms with Crippen molar-refractivity contribution < 1.29 is 17.9 Å². The van der Waals surface area contributed by atoms with Crippen molar-refractivity contribution in [1.82, 2.24) is 4.31 Å². The Morgan fingerprint density at radius 3 is 2.52 bits per heavy atom. The van der Waals surface area contributed by atoms with Crippen molar-refractivity contribution in [3.63, 3.8) is 0 Å². The molecule has 0 aromatic heterocycles. The molecule has 1 aliphatic rings. The number of benzene rings is 1. The van der Waals surface area contributed by atoms with Crippen LogP contribution in [0.4, 0.5) is 5.69 Å². The maximum atomic E-state index is 12.8. The Morgan fingerprint density at radius 2 is 1.91 bits per heavy atom. The van der Waals surface area contributed by atoms with Crippen molar-refractivity contribution in [2.45, 2.75) is 44.1 Å². The second kappa shape index (κ2) is 7.42. The molecule has 1 unspecified atom stereocenters. The molecule has 1 amide bonds. The third-order valence-corrected chi connectivity index (χ3v) is 6.15. The summed E-state index contributed by atoms with van der Waals surface area (Å²) in [5, 5.41) is 2.69. The van der Waals surface area contributed by atoms with Gasteiger partial charge in [-0.05, 0) is 44.4 Å². The van der Waals surface area contributed by atoms with Gasteiger partial charge in [0.25, 0.3) is 5.91 Å². The van der Waals surface area contributed by atoms with E-state index in [2.05, 4.69) is 5.32 Å².